The normalized spacial score (nSPS) is 24.9. The van der Waals surface area contributed by atoms with Crippen LogP contribution in [0.1, 0.15) is 25.0 Å². The van der Waals surface area contributed by atoms with E-state index in [-0.39, 0.29) is 29.8 Å². The molecule has 0 bridgehead atoms. The Morgan fingerprint density at radius 1 is 1.42 bits per heavy atom. The first-order valence-corrected chi connectivity index (χ1v) is 7.33. The summed E-state index contributed by atoms with van der Waals surface area (Å²) in [7, 11) is 1.37. The summed E-state index contributed by atoms with van der Waals surface area (Å²) in [5.41, 5.74) is 0.929. The third-order valence-electron chi connectivity index (χ3n) is 3.57. The minimum absolute atomic E-state index is 0.0345. The molecule has 2 saturated carbocycles. The molecule has 0 N–H and O–H groups in total. The van der Waals surface area contributed by atoms with Gasteiger partial charge in [-0.05, 0) is 26.2 Å². The van der Waals surface area contributed by atoms with E-state index in [0.29, 0.717) is 6.42 Å². The average Bonchev–Trinajstić information content (AvgIpc) is 3.29. The molecule has 0 saturated heterocycles. The van der Waals surface area contributed by atoms with Crippen LogP contribution in [-0.4, -0.2) is 30.0 Å². The van der Waals surface area contributed by atoms with E-state index in [1.54, 1.807) is 4.90 Å². The van der Waals surface area contributed by atoms with Crippen molar-refractivity contribution in [1.82, 2.24) is 4.98 Å². The number of amides is 1. The maximum absolute atomic E-state index is 12.5. The Labute approximate surface area is 115 Å². The molecule has 2 aliphatic carbocycles. The van der Waals surface area contributed by atoms with Crippen molar-refractivity contribution in [2.45, 2.75) is 32.2 Å². The van der Waals surface area contributed by atoms with Gasteiger partial charge in [0.05, 0.1) is 24.6 Å². The summed E-state index contributed by atoms with van der Waals surface area (Å²) in [4.78, 5) is 30.1. The second-order valence-corrected chi connectivity index (χ2v) is 6.02. The lowest BCUT2D eigenvalue weighted by atomic mass is 10.3. The summed E-state index contributed by atoms with van der Waals surface area (Å²) in [6, 6.07) is 0.275. The van der Waals surface area contributed by atoms with Crippen molar-refractivity contribution in [2.75, 3.05) is 12.0 Å². The van der Waals surface area contributed by atoms with E-state index in [1.165, 1.54) is 18.4 Å². The molecule has 2 fully saturated rings. The summed E-state index contributed by atoms with van der Waals surface area (Å²) >= 11 is 1.49. The van der Waals surface area contributed by atoms with Crippen LogP contribution >= 0.6 is 11.3 Å². The van der Waals surface area contributed by atoms with Gasteiger partial charge in [-0.1, -0.05) is 0 Å². The molecule has 0 unspecified atom stereocenters. The van der Waals surface area contributed by atoms with Crippen molar-refractivity contribution in [1.29, 1.82) is 0 Å². The van der Waals surface area contributed by atoms with Gasteiger partial charge in [-0.2, -0.15) is 0 Å². The molecule has 5 nitrogen and oxygen atoms in total. The Kier molecular flexibility index (Phi) is 3.05. The van der Waals surface area contributed by atoms with Crippen LogP contribution in [0.3, 0.4) is 0 Å². The Bertz CT molecular complexity index is 524. The molecule has 102 valence electrons. The molecular weight excluding hydrogens is 264 g/mol. The molecule has 2 aliphatic rings. The minimum Gasteiger partial charge on any atom is -0.469 e. The summed E-state index contributed by atoms with van der Waals surface area (Å²) in [6.07, 6.45) is 2.67. The molecule has 1 aromatic rings. The highest BCUT2D eigenvalue weighted by Crippen LogP contribution is 2.44. The van der Waals surface area contributed by atoms with Crippen molar-refractivity contribution in [3.05, 3.63) is 11.1 Å². The number of aromatic nitrogens is 1. The van der Waals surface area contributed by atoms with Crippen LogP contribution in [0.2, 0.25) is 0 Å². The lowest BCUT2D eigenvalue weighted by molar-refractivity contribution is -0.143. The van der Waals surface area contributed by atoms with Crippen LogP contribution < -0.4 is 4.90 Å². The van der Waals surface area contributed by atoms with Crippen molar-refractivity contribution in [2.24, 2.45) is 11.8 Å². The zero-order chi connectivity index (χ0) is 13.6. The smallest absolute Gasteiger partial charge is 0.309 e. The molecular formula is C13H16N2O3S. The van der Waals surface area contributed by atoms with Gasteiger partial charge in [-0.15, -0.1) is 11.3 Å². The lowest BCUT2D eigenvalue weighted by Gasteiger charge is -2.19. The zero-order valence-electron chi connectivity index (χ0n) is 11.0. The number of carbonyl (C=O) groups is 2. The first-order valence-electron chi connectivity index (χ1n) is 6.45. The van der Waals surface area contributed by atoms with Gasteiger partial charge < -0.3 is 4.74 Å². The monoisotopic (exact) mass is 280 g/mol. The molecule has 3 rings (SSSR count). The molecule has 0 radical (unpaired) electrons. The summed E-state index contributed by atoms with van der Waals surface area (Å²) < 4.78 is 4.70. The number of anilines is 1. The maximum atomic E-state index is 12.5. The molecule has 0 aromatic carbocycles. The van der Waals surface area contributed by atoms with Crippen molar-refractivity contribution in [3.8, 4) is 0 Å². The number of carbonyl (C=O) groups excluding carboxylic acids is 2. The van der Waals surface area contributed by atoms with Crippen LogP contribution in [0.4, 0.5) is 5.13 Å². The number of esters is 1. The third kappa shape index (κ3) is 2.36. The summed E-state index contributed by atoms with van der Waals surface area (Å²) in [5, 5.41) is 2.71. The number of methoxy groups -OCH3 is 1. The van der Waals surface area contributed by atoms with Crippen LogP contribution in [0.15, 0.2) is 5.38 Å². The van der Waals surface area contributed by atoms with Gasteiger partial charge in [-0.3, -0.25) is 14.5 Å². The van der Waals surface area contributed by atoms with E-state index < -0.39 is 0 Å². The molecule has 6 heteroatoms. The van der Waals surface area contributed by atoms with Gasteiger partial charge in [0.1, 0.15) is 0 Å². The Balaban J connectivity index is 1.75. The van der Waals surface area contributed by atoms with E-state index in [9.17, 15) is 9.59 Å². The summed E-state index contributed by atoms with van der Waals surface area (Å²) in [5.74, 6) is -0.700. The van der Waals surface area contributed by atoms with Gasteiger partial charge in [-0.25, -0.2) is 4.98 Å². The highest BCUT2D eigenvalue weighted by molar-refractivity contribution is 7.14. The van der Waals surface area contributed by atoms with Crippen LogP contribution in [0.25, 0.3) is 0 Å². The molecule has 0 spiro atoms. The number of thiazole rings is 1. The van der Waals surface area contributed by atoms with Gasteiger partial charge in [0.15, 0.2) is 5.13 Å². The fourth-order valence-electron chi connectivity index (χ4n) is 2.27. The largest absolute Gasteiger partial charge is 0.469 e. The second kappa shape index (κ2) is 4.59. The highest BCUT2D eigenvalue weighted by atomic mass is 32.1. The van der Waals surface area contributed by atoms with Gasteiger partial charge in [0.2, 0.25) is 5.91 Å². The molecule has 0 aliphatic heterocycles. The van der Waals surface area contributed by atoms with Gasteiger partial charge >= 0.3 is 5.97 Å². The fourth-order valence-corrected chi connectivity index (χ4v) is 3.15. The third-order valence-corrected chi connectivity index (χ3v) is 4.53. The first kappa shape index (κ1) is 12.6. The number of hydrogen-bond donors (Lipinski definition) is 0. The van der Waals surface area contributed by atoms with E-state index >= 15 is 0 Å². The number of ether oxygens (including phenoxy) is 1. The average molecular weight is 280 g/mol. The summed E-state index contributed by atoms with van der Waals surface area (Å²) in [6.45, 7) is 1.92. The zero-order valence-corrected chi connectivity index (χ0v) is 11.8. The number of nitrogens with zero attached hydrogens (tertiary/aromatic N) is 2. The predicted octanol–water partition coefficient (Wildman–Crippen LogP) is 1.76. The Morgan fingerprint density at radius 2 is 2.16 bits per heavy atom. The standard InChI is InChI=1S/C13H16N2O3S/c1-7-6-19-13(14-7)15(8-3-4-8)11(16)9-5-10(9)12(17)18-2/h6,8-10H,3-5H2,1-2H3/t9-,10-/m1/s1. The number of hydrogen-bond acceptors (Lipinski definition) is 5. The van der Waals surface area contributed by atoms with Gasteiger partial charge in [0, 0.05) is 11.4 Å². The highest BCUT2D eigenvalue weighted by Gasteiger charge is 2.52. The van der Waals surface area contributed by atoms with Crippen LogP contribution in [0, 0.1) is 18.8 Å². The SMILES string of the molecule is COC(=O)[C@@H]1C[C@H]1C(=O)N(c1nc(C)cs1)C1CC1. The number of aryl methyl sites for hydroxylation is 1. The van der Waals surface area contributed by atoms with E-state index in [4.69, 9.17) is 4.74 Å². The predicted molar refractivity (Wildman–Crippen MR) is 71.0 cm³/mol. The van der Waals surface area contributed by atoms with Crippen molar-refractivity contribution >= 4 is 28.3 Å². The Morgan fingerprint density at radius 3 is 2.68 bits per heavy atom. The van der Waals surface area contributed by atoms with Crippen LogP contribution in [0.5, 0.6) is 0 Å². The second-order valence-electron chi connectivity index (χ2n) is 5.18. The molecule has 2 atom stereocenters. The minimum atomic E-state index is -0.274. The molecule has 1 amide bonds. The van der Waals surface area contributed by atoms with Crippen molar-refractivity contribution in [3.63, 3.8) is 0 Å². The lowest BCUT2D eigenvalue weighted by Crippen LogP contribution is -2.35. The van der Waals surface area contributed by atoms with E-state index in [0.717, 1.165) is 23.7 Å². The first-order chi connectivity index (χ1) is 9.11. The maximum Gasteiger partial charge on any atom is 0.309 e. The molecule has 1 heterocycles. The van der Waals surface area contributed by atoms with E-state index in [1.807, 2.05) is 12.3 Å². The van der Waals surface area contributed by atoms with E-state index in [2.05, 4.69) is 4.98 Å². The molecule has 19 heavy (non-hydrogen) atoms. The topological polar surface area (TPSA) is 59.5 Å². The fraction of sp³-hybridized carbons (Fsp3) is 0.615. The quantitative estimate of drug-likeness (QED) is 0.788. The van der Waals surface area contributed by atoms with Crippen molar-refractivity contribution < 1.29 is 14.3 Å². The van der Waals surface area contributed by atoms with Crippen LogP contribution in [-0.2, 0) is 14.3 Å². The molecule has 1 aromatic heterocycles. The van der Waals surface area contributed by atoms with Gasteiger partial charge in [0.25, 0.3) is 0 Å². The number of rotatable bonds is 4. The Hall–Kier alpha value is -1.43.